The zero-order valence-corrected chi connectivity index (χ0v) is 35.1. The summed E-state index contributed by atoms with van der Waals surface area (Å²) in [5, 5.41) is 16.8. The van der Waals surface area contributed by atoms with Crippen molar-refractivity contribution in [3.63, 3.8) is 0 Å². The van der Waals surface area contributed by atoms with E-state index in [0.29, 0.717) is 0 Å². The van der Waals surface area contributed by atoms with Crippen LogP contribution < -0.4 is 10.6 Å². The van der Waals surface area contributed by atoms with Gasteiger partial charge in [-0.3, -0.25) is 5.32 Å². The zero-order chi connectivity index (χ0) is 41.9. The number of thiophene rings is 1. The maximum absolute atomic E-state index is 6.61. The summed E-state index contributed by atoms with van der Waals surface area (Å²) in [6, 6.07) is 69.0. The van der Waals surface area contributed by atoms with Gasteiger partial charge in [0.15, 0.2) is 0 Å². The third-order valence-corrected chi connectivity index (χ3v) is 14.3. The quantitative estimate of drug-likeness (QED) is 0.181. The lowest BCUT2D eigenvalue weighted by Gasteiger charge is -2.32. The topological polar surface area (TPSA) is 67.6 Å². The summed E-state index contributed by atoms with van der Waals surface area (Å²) in [7, 11) is 0. The summed E-state index contributed by atoms with van der Waals surface area (Å²) in [5.41, 5.74) is 12.3. The Morgan fingerprint density at radius 2 is 1.20 bits per heavy atom. The normalized spacial score (nSPS) is 15.7. The summed E-state index contributed by atoms with van der Waals surface area (Å²) in [6.45, 7) is 0. The van der Waals surface area contributed by atoms with Crippen molar-refractivity contribution < 1.29 is 8.83 Å². The molecule has 0 saturated heterocycles. The number of furan rings is 2. The predicted octanol–water partition coefficient (Wildman–Crippen LogP) is 15.0. The molecule has 6 nitrogen and oxygen atoms in total. The third-order valence-electron chi connectivity index (χ3n) is 13.1. The molecule has 2 atom stereocenters. The second-order valence-corrected chi connectivity index (χ2v) is 17.8. The van der Waals surface area contributed by atoms with Gasteiger partial charge in [0.2, 0.25) is 0 Å². The van der Waals surface area contributed by atoms with Crippen molar-refractivity contribution in [2.45, 2.75) is 12.3 Å². The standard InChI is InChI=1S/C57H36N4O2S/c1-3-12-33(13-4-1)55-58-56(34-14-5-2-6-15-34)60-57(59-55)36-22-25-40-44-30-35(23-28-47(44)63-50(40)31-36)38-18-11-20-49-52(38)45-32-37(24-29-48(45)62-49)61-46-19-9-7-16-39(46)42-26-27-43-41-17-8-10-21-51(41)64-54(43)53(42)61/h1-32,55-56,58H,(H,59,60). The highest BCUT2D eigenvalue weighted by atomic mass is 32.1. The van der Waals surface area contributed by atoms with E-state index in [1.807, 2.05) is 23.5 Å². The molecule has 64 heavy (non-hydrogen) atoms. The lowest BCUT2D eigenvalue weighted by molar-refractivity contribution is 0.409. The van der Waals surface area contributed by atoms with Crippen molar-refractivity contribution in [3.8, 4) is 16.8 Å². The Hall–Kier alpha value is -7.97. The van der Waals surface area contributed by atoms with Gasteiger partial charge >= 0.3 is 0 Å². The van der Waals surface area contributed by atoms with Crippen LogP contribution in [0.25, 0.3) is 103 Å². The van der Waals surface area contributed by atoms with E-state index < -0.39 is 0 Å². The van der Waals surface area contributed by atoms with Crippen LogP contribution in [-0.4, -0.2) is 10.4 Å². The van der Waals surface area contributed by atoms with Gasteiger partial charge in [0.05, 0.1) is 15.7 Å². The molecule has 1 aliphatic rings. The fourth-order valence-electron chi connectivity index (χ4n) is 10.1. The summed E-state index contributed by atoms with van der Waals surface area (Å²) in [4.78, 5) is 5.18. The molecule has 9 aromatic carbocycles. The van der Waals surface area contributed by atoms with E-state index in [2.05, 4.69) is 197 Å². The van der Waals surface area contributed by atoms with Gasteiger partial charge in [-0.05, 0) is 82.9 Å². The number of amidine groups is 1. The Bertz CT molecular complexity index is 4050. The fraction of sp³-hybridized carbons (Fsp3) is 0.0351. The second kappa shape index (κ2) is 13.8. The van der Waals surface area contributed by atoms with Gasteiger partial charge in [-0.1, -0.05) is 133 Å². The smallest absolute Gasteiger partial charge is 0.136 e. The minimum atomic E-state index is -0.214. The van der Waals surface area contributed by atoms with E-state index in [1.165, 1.54) is 42.0 Å². The number of para-hydroxylation sites is 1. The molecule has 2 unspecified atom stereocenters. The van der Waals surface area contributed by atoms with Gasteiger partial charge in [-0.15, -0.1) is 11.3 Å². The molecule has 0 saturated carbocycles. The molecule has 7 heteroatoms. The third kappa shape index (κ3) is 5.38. The van der Waals surface area contributed by atoms with Crippen molar-refractivity contribution in [2.75, 3.05) is 0 Å². The molecule has 0 fully saturated rings. The lowest BCUT2D eigenvalue weighted by Crippen LogP contribution is -2.44. The molecule has 0 bridgehead atoms. The summed E-state index contributed by atoms with van der Waals surface area (Å²) in [6.07, 6.45) is -0.334. The molecule has 0 aliphatic carbocycles. The van der Waals surface area contributed by atoms with Crippen LogP contribution in [0.2, 0.25) is 0 Å². The van der Waals surface area contributed by atoms with Crippen LogP contribution in [0, 0.1) is 0 Å². The number of nitrogens with zero attached hydrogens (tertiary/aromatic N) is 2. The number of hydrogen-bond donors (Lipinski definition) is 2. The first-order valence-electron chi connectivity index (χ1n) is 21.7. The molecular formula is C57H36N4O2S. The van der Waals surface area contributed by atoms with E-state index in [-0.39, 0.29) is 12.3 Å². The highest BCUT2D eigenvalue weighted by Gasteiger charge is 2.26. The number of rotatable bonds is 5. The van der Waals surface area contributed by atoms with Crippen molar-refractivity contribution in [3.05, 3.63) is 211 Å². The van der Waals surface area contributed by atoms with Crippen LogP contribution in [0.15, 0.2) is 208 Å². The maximum atomic E-state index is 6.61. The first-order chi connectivity index (χ1) is 31.7. The largest absolute Gasteiger partial charge is 0.456 e. The average molecular weight is 841 g/mol. The van der Waals surface area contributed by atoms with E-state index >= 15 is 0 Å². The van der Waals surface area contributed by atoms with Crippen molar-refractivity contribution in [1.82, 2.24) is 15.2 Å². The molecule has 5 heterocycles. The molecule has 1 aliphatic heterocycles. The van der Waals surface area contributed by atoms with E-state index in [1.54, 1.807) is 0 Å². The first-order valence-corrected chi connectivity index (χ1v) is 22.5. The Balaban J connectivity index is 0.895. The lowest BCUT2D eigenvalue weighted by atomic mass is 9.97. The SMILES string of the molecule is c1ccc(C2N=C(c3ccc4c(c3)oc3ccc(-c5cccc6oc7ccc(-n8c9ccccc9c9ccc%10c%11ccccc%11sc%10c98)cc7c56)cc34)NC(c3ccccc3)N2)cc1. The fourth-order valence-corrected chi connectivity index (χ4v) is 11.4. The molecule has 302 valence electrons. The highest BCUT2D eigenvalue weighted by Crippen LogP contribution is 2.45. The Morgan fingerprint density at radius 3 is 2.09 bits per heavy atom. The van der Waals surface area contributed by atoms with E-state index in [9.17, 15) is 0 Å². The Labute approximate surface area is 370 Å². The maximum Gasteiger partial charge on any atom is 0.136 e. The number of aromatic nitrogens is 1. The number of hydrogen-bond acceptors (Lipinski definition) is 6. The average Bonchev–Trinajstić information content (AvgIpc) is 4.12. The highest BCUT2D eigenvalue weighted by molar-refractivity contribution is 7.26. The zero-order valence-electron chi connectivity index (χ0n) is 34.2. The molecule has 2 N–H and O–H groups in total. The molecule has 0 amide bonds. The molecule has 13 aromatic rings. The van der Waals surface area contributed by atoms with E-state index in [4.69, 9.17) is 13.8 Å². The van der Waals surface area contributed by atoms with Crippen LogP contribution in [-0.2, 0) is 0 Å². The monoisotopic (exact) mass is 840 g/mol. The van der Waals surface area contributed by atoms with Gasteiger partial charge in [0, 0.05) is 59.0 Å². The van der Waals surface area contributed by atoms with Crippen LogP contribution >= 0.6 is 11.3 Å². The van der Waals surface area contributed by atoms with Crippen molar-refractivity contribution >= 4 is 103 Å². The van der Waals surface area contributed by atoms with Crippen LogP contribution in [0.1, 0.15) is 29.0 Å². The summed E-state index contributed by atoms with van der Waals surface area (Å²) >= 11 is 1.87. The van der Waals surface area contributed by atoms with E-state index in [0.717, 1.165) is 83.2 Å². The van der Waals surface area contributed by atoms with Gasteiger partial charge in [0.25, 0.3) is 0 Å². The van der Waals surface area contributed by atoms with Gasteiger partial charge < -0.3 is 18.7 Å². The van der Waals surface area contributed by atoms with Gasteiger partial charge in [-0.25, -0.2) is 4.99 Å². The van der Waals surface area contributed by atoms with Crippen molar-refractivity contribution in [2.24, 2.45) is 4.99 Å². The number of nitrogens with one attached hydrogen (secondary N) is 2. The number of aliphatic imine (C=N–C) groups is 1. The van der Waals surface area contributed by atoms with Crippen LogP contribution in [0.3, 0.4) is 0 Å². The molecule has 0 radical (unpaired) electrons. The van der Waals surface area contributed by atoms with Crippen molar-refractivity contribution in [1.29, 1.82) is 0 Å². The number of fused-ring (bicyclic) bond motifs is 13. The minimum absolute atomic E-state index is 0.120. The summed E-state index contributed by atoms with van der Waals surface area (Å²) < 4.78 is 18.3. The van der Waals surface area contributed by atoms with Gasteiger partial charge in [-0.2, -0.15) is 0 Å². The predicted molar refractivity (Wildman–Crippen MR) is 265 cm³/mol. The number of benzene rings is 9. The molecule has 0 spiro atoms. The second-order valence-electron chi connectivity index (χ2n) is 16.7. The van der Waals surface area contributed by atoms with Crippen LogP contribution in [0.5, 0.6) is 0 Å². The minimum Gasteiger partial charge on any atom is -0.456 e. The molecule has 14 rings (SSSR count). The molecule has 4 aromatic heterocycles. The summed E-state index contributed by atoms with van der Waals surface area (Å²) in [5.74, 6) is 0.816. The first kappa shape index (κ1) is 35.6. The Kier molecular flexibility index (Phi) is 7.66. The van der Waals surface area contributed by atoms with Gasteiger partial charge in [0.1, 0.15) is 40.5 Å². The molecular weight excluding hydrogens is 805 g/mol. The van der Waals surface area contributed by atoms with Crippen LogP contribution in [0.4, 0.5) is 0 Å². The Morgan fingerprint density at radius 1 is 0.484 bits per heavy atom.